The van der Waals surface area contributed by atoms with Crippen LogP contribution in [-0.2, 0) is 22.8 Å². The Morgan fingerprint density at radius 1 is 0.872 bits per heavy atom. The smallest absolute Gasteiger partial charge is 0.309 e. The van der Waals surface area contributed by atoms with Crippen LogP contribution in [0.5, 0.6) is 0 Å². The summed E-state index contributed by atoms with van der Waals surface area (Å²) in [7, 11) is -4.39. The molecule has 0 amide bonds. The lowest BCUT2D eigenvalue weighted by molar-refractivity contribution is -0.152. The van der Waals surface area contributed by atoms with Crippen LogP contribution < -0.4 is 0 Å². The molecular weight excluding hydrogens is 537 g/mol. The number of methoxy groups -OCH3 is 1. The zero-order valence-electron chi connectivity index (χ0n) is 28.1. The molecule has 228 valence electrons. The van der Waals surface area contributed by atoms with Gasteiger partial charge in [0.25, 0.3) is 0 Å². The van der Waals surface area contributed by atoms with Crippen molar-refractivity contribution in [1.29, 1.82) is 0 Å². The second-order valence-corrected chi connectivity index (χ2v) is 29.6. The highest BCUT2D eigenvalue weighted by molar-refractivity contribution is 6.74. The highest BCUT2D eigenvalue weighted by atomic mass is 28.4. The van der Waals surface area contributed by atoms with Gasteiger partial charge in [-0.1, -0.05) is 74.0 Å². The van der Waals surface area contributed by atoms with E-state index in [-0.39, 0.29) is 51.9 Å². The first-order valence-corrected chi connectivity index (χ1v) is 23.8. The van der Waals surface area contributed by atoms with Crippen molar-refractivity contribution in [2.24, 2.45) is 23.7 Å². The molecule has 0 saturated heterocycles. The minimum atomic E-state index is -2.09. The fourth-order valence-electron chi connectivity index (χ4n) is 6.04. The molecule has 0 spiro atoms. The second kappa shape index (κ2) is 12.5. The Bertz CT molecular complexity index is 858. The van der Waals surface area contributed by atoms with Gasteiger partial charge in [-0.2, -0.15) is 0 Å². The van der Waals surface area contributed by atoms with E-state index in [0.29, 0.717) is 6.61 Å². The monoisotopic (exact) mass is 598 g/mol. The van der Waals surface area contributed by atoms with E-state index < -0.39 is 25.0 Å². The molecule has 1 fully saturated rings. The van der Waals surface area contributed by atoms with Gasteiger partial charge >= 0.3 is 5.97 Å². The van der Waals surface area contributed by atoms with E-state index in [1.54, 1.807) is 0 Å². The molecule has 2 aliphatic rings. The topological polar surface area (TPSA) is 54.0 Å². The van der Waals surface area contributed by atoms with Gasteiger partial charge in [-0.25, -0.2) is 0 Å². The molecule has 2 rings (SSSR count). The third-order valence-electron chi connectivity index (χ3n) is 11.1. The fourth-order valence-corrected chi connectivity index (χ4v) is 11.3. The van der Waals surface area contributed by atoms with Crippen molar-refractivity contribution in [3.05, 3.63) is 11.6 Å². The first-order valence-electron chi connectivity index (χ1n) is 15.5. The molecule has 2 aliphatic carbocycles. The summed E-state index contributed by atoms with van der Waals surface area (Å²) in [6.07, 6.45) is 3.34. The lowest BCUT2D eigenvalue weighted by atomic mass is 9.68. The number of carbonyl (C=O) groups excluding carboxylic acids is 1. The van der Waals surface area contributed by atoms with E-state index in [1.165, 1.54) is 12.7 Å². The van der Waals surface area contributed by atoms with Crippen LogP contribution in [-0.4, -0.2) is 56.8 Å². The van der Waals surface area contributed by atoms with Crippen LogP contribution in [0.4, 0.5) is 0 Å². The summed E-state index contributed by atoms with van der Waals surface area (Å²) in [5.74, 6) is -0.243. The molecule has 1 saturated carbocycles. The molecule has 5 nitrogen and oxygen atoms in total. The van der Waals surface area contributed by atoms with Gasteiger partial charge in [0.15, 0.2) is 25.0 Å². The highest BCUT2D eigenvalue weighted by Gasteiger charge is 2.57. The van der Waals surface area contributed by atoms with Gasteiger partial charge < -0.3 is 18.0 Å². The molecule has 0 aromatic heterocycles. The quantitative estimate of drug-likeness (QED) is 0.135. The number of esters is 1. The molecule has 0 aromatic carbocycles. The highest BCUT2D eigenvalue weighted by Crippen LogP contribution is 2.53. The molecule has 0 N–H and O–H groups in total. The lowest BCUT2D eigenvalue weighted by Gasteiger charge is -2.45. The summed E-state index contributed by atoms with van der Waals surface area (Å²) >= 11 is 0. The van der Waals surface area contributed by atoms with E-state index in [0.717, 1.165) is 24.6 Å². The number of hydrogen-bond acceptors (Lipinski definition) is 5. The maximum absolute atomic E-state index is 13.7. The van der Waals surface area contributed by atoms with Crippen LogP contribution >= 0.6 is 0 Å². The van der Waals surface area contributed by atoms with Crippen molar-refractivity contribution in [1.82, 2.24) is 0 Å². The Balaban J connectivity index is 2.59. The Hall–Kier alpha value is -0.259. The first kappa shape index (κ1) is 34.9. The Morgan fingerprint density at radius 3 is 1.82 bits per heavy atom. The SMILES string of the molecule is CC[Si](CC)(CC)O[C@H]1C[C@H](O[Si](C)(C)C(C)(C)C)[C@@H]2[C@@H]1C=C(C)[C@@H](CO[Si](C)(C)C(C)(C)C)[C@H]2C(=O)OC. The molecule has 0 aromatic rings. The van der Waals surface area contributed by atoms with Gasteiger partial charge in [-0.05, 0) is 67.7 Å². The third kappa shape index (κ3) is 7.40. The number of ether oxygens (including phenoxy) is 1. The molecule has 0 heterocycles. The second-order valence-electron chi connectivity index (χ2n) is 15.3. The lowest BCUT2D eigenvalue weighted by Crippen LogP contribution is -2.50. The Kier molecular flexibility index (Phi) is 11.2. The molecule has 0 bridgehead atoms. The van der Waals surface area contributed by atoms with Gasteiger partial charge in [-0.15, -0.1) is 0 Å². The average Bonchev–Trinajstić information content (AvgIpc) is 3.14. The maximum atomic E-state index is 13.7. The number of fused-ring (bicyclic) bond motifs is 1. The van der Waals surface area contributed by atoms with Gasteiger partial charge in [-0.3, -0.25) is 4.79 Å². The minimum absolute atomic E-state index is 0.0115. The van der Waals surface area contributed by atoms with Crippen molar-refractivity contribution < 1.29 is 22.8 Å². The van der Waals surface area contributed by atoms with Crippen LogP contribution in [0, 0.1) is 23.7 Å². The zero-order valence-corrected chi connectivity index (χ0v) is 31.1. The largest absolute Gasteiger partial charge is 0.469 e. The molecule has 0 radical (unpaired) electrons. The van der Waals surface area contributed by atoms with Crippen LogP contribution in [0.15, 0.2) is 11.6 Å². The maximum Gasteiger partial charge on any atom is 0.309 e. The van der Waals surface area contributed by atoms with Gasteiger partial charge in [0.05, 0.1) is 25.2 Å². The van der Waals surface area contributed by atoms with Crippen molar-refractivity contribution in [2.45, 2.75) is 142 Å². The summed E-state index contributed by atoms with van der Waals surface area (Å²) < 4.78 is 26.7. The average molecular weight is 599 g/mol. The van der Waals surface area contributed by atoms with E-state index in [2.05, 4.69) is 102 Å². The van der Waals surface area contributed by atoms with Crippen molar-refractivity contribution in [2.75, 3.05) is 13.7 Å². The summed E-state index contributed by atoms with van der Waals surface area (Å²) in [6.45, 7) is 32.5. The molecule has 8 heteroatoms. The predicted octanol–water partition coefficient (Wildman–Crippen LogP) is 8.79. The van der Waals surface area contributed by atoms with Gasteiger partial charge in [0.1, 0.15) is 0 Å². The third-order valence-corrected chi connectivity index (χ3v) is 24.8. The Morgan fingerprint density at radius 2 is 1.38 bits per heavy atom. The van der Waals surface area contributed by atoms with Gasteiger partial charge in [0.2, 0.25) is 0 Å². The molecule has 39 heavy (non-hydrogen) atoms. The Labute approximate surface area is 244 Å². The van der Waals surface area contributed by atoms with Crippen LogP contribution in [0.25, 0.3) is 0 Å². The molecule has 0 unspecified atom stereocenters. The van der Waals surface area contributed by atoms with E-state index >= 15 is 0 Å². The predicted molar refractivity (Wildman–Crippen MR) is 172 cm³/mol. The summed E-state index contributed by atoms with van der Waals surface area (Å²) in [6, 6.07) is 3.36. The molecule has 6 atom stereocenters. The van der Waals surface area contributed by atoms with E-state index in [9.17, 15) is 4.79 Å². The van der Waals surface area contributed by atoms with Crippen LogP contribution in [0.1, 0.15) is 75.7 Å². The number of hydrogen-bond donors (Lipinski definition) is 0. The minimum Gasteiger partial charge on any atom is -0.469 e. The van der Waals surface area contributed by atoms with Crippen molar-refractivity contribution >= 4 is 30.9 Å². The van der Waals surface area contributed by atoms with Crippen LogP contribution in [0.2, 0.25) is 54.4 Å². The van der Waals surface area contributed by atoms with E-state index in [1.807, 2.05) is 0 Å². The van der Waals surface area contributed by atoms with E-state index in [4.69, 9.17) is 18.0 Å². The normalized spacial score (nSPS) is 28.7. The fraction of sp³-hybridized carbons (Fsp3) is 0.903. The molecule has 0 aliphatic heterocycles. The summed E-state index contributed by atoms with van der Waals surface area (Å²) in [4.78, 5) is 13.7. The first-order chi connectivity index (χ1) is 17.7. The summed E-state index contributed by atoms with van der Waals surface area (Å²) in [5.41, 5.74) is 1.24. The zero-order chi connectivity index (χ0) is 30.2. The van der Waals surface area contributed by atoms with Crippen LogP contribution in [0.3, 0.4) is 0 Å². The van der Waals surface area contributed by atoms with Gasteiger partial charge in [0, 0.05) is 24.4 Å². The van der Waals surface area contributed by atoms with Crippen molar-refractivity contribution in [3.63, 3.8) is 0 Å². The number of carbonyl (C=O) groups is 1. The number of rotatable bonds is 11. The standard InChI is InChI=1S/C31H62O5Si3/c1-16-39(17-2,18-3)36-25-20-26(35-38(14,15)31(8,9)10)27-23(25)19-22(4)24(28(27)29(32)33-11)21-34-37(12,13)30(5,6)7/h19,23-28H,16-18,20-21H2,1-15H3/t23-,24-,25+,26+,27+,28-/m1/s1. The molecular formula is C31H62O5Si3. The summed E-state index contributed by atoms with van der Waals surface area (Å²) in [5, 5.41) is 0.194. The van der Waals surface area contributed by atoms with Crippen molar-refractivity contribution in [3.8, 4) is 0 Å².